The highest BCUT2D eigenvalue weighted by Crippen LogP contribution is 2.21. The van der Waals surface area contributed by atoms with Crippen LogP contribution in [0.15, 0.2) is 53.1 Å². The zero-order chi connectivity index (χ0) is 17.1. The summed E-state index contributed by atoms with van der Waals surface area (Å²) < 4.78 is 5.24. The van der Waals surface area contributed by atoms with Crippen LogP contribution in [0.2, 0.25) is 10.0 Å². The van der Waals surface area contributed by atoms with Crippen LogP contribution in [0.1, 0.15) is 29.2 Å². The zero-order valence-corrected chi connectivity index (χ0v) is 14.2. The minimum absolute atomic E-state index is 0.245. The van der Waals surface area contributed by atoms with Crippen LogP contribution in [0.25, 0.3) is 11.4 Å². The van der Waals surface area contributed by atoms with Gasteiger partial charge in [0.15, 0.2) is 0 Å². The van der Waals surface area contributed by atoms with Crippen LogP contribution in [0.5, 0.6) is 0 Å². The van der Waals surface area contributed by atoms with Crippen LogP contribution < -0.4 is 5.32 Å². The summed E-state index contributed by atoms with van der Waals surface area (Å²) in [7, 11) is 0. The van der Waals surface area contributed by atoms with Gasteiger partial charge in [-0.05, 0) is 55.5 Å². The molecular weight excluding hydrogens is 349 g/mol. The van der Waals surface area contributed by atoms with Crippen molar-refractivity contribution in [1.82, 2.24) is 15.5 Å². The van der Waals surface area contributed by atoms with Crippen molar-refractivity contribution in [2.45, 2.75) is 13.0 Å². The number of carbonyl (C=O) groups is 1. The van der Waals surface area contributed by atoms with Crippen molar-refractivity contribution in [3.8, 4) is 11.4 Å². The standard InChI is InChI=1S/C17H13Cl2N3O2/c1-10(20-16(23)12-4-8-14(19)9-5-12)17-21-15(22-24-17)11-2-6-13(18)7-3-11/h2-10H,1H3,(H,20,23). The fourth-order valence-corrected chi connectivity index (χ4v) is 2.32. The highest BCUT2D eigenvalue weighted by molar-refractivity contribution is 6.30. The predicted octanol–water partition coefficient (Wildman–Crippen LogP) is 4.53. The Labute approximate surface area is 148 Å². The molecule has 0 fully saturated rings. The smallest absolute Gasteiger partial charge is 0.251 e. The highest BCUT2D eigenvalue weighted by atomic mass is 35.5. The van der Waals surface area contributed by atoms with Gasteiger partial charge in [0.05, 0.1) is 0 Å². The molecule has 1 unspecified atom stereocenters. The molecule has 1 N–H and O–H groups in total. The lowest BCUT2D eigenvalue weighted by Crippen LogP contribution is -2.26. The average Bonchev–Trinajstić information content (AvgIpc) is 3.06. The molecule has 0 aliphatic carbocycles. The Morgan fingerprint density at radius 3 is 2.25 bits per heavy atom. The van der Waals surface area contributed by atoms with Crippen molar-refractivity contribution >= 4 is 29.1 Å². The van der Waals surface area contributed by atoms with Gasteiger partial charge in [0, 0.05) is 21.2 Å². The summed E-state index contributed by atoms with van der Waals surface area (Å²) in [6.07, 6.45) is 0. The molecule has 0 saturated carbocycles. The molecule has 122 valence electrons. The monoisotopic (exact) mass is 361 g/mol. The Balaban J connectivity index is 1.71. The number of nitrogens with zero attached hydrogens (tertiary/aromatic N) is 2. The molecule has 0 bridgehead atoms. The maximum Gasteiger partial charge on any atom is 0.251 e. The second-order valence-corrected chi connectivity index (χ2v) is 6.04. The maximum absolute atomic E-state index is 12.2. The predicted molar refractivity (Wildman–Crippen MR) is 92.1 cm³/mol. The largest absolute Gasteiger partial charge is 0.341 e. The highest BCUT2D eigenvalue weighted by Gasteiger charge is 2.18. The maximum atomic E-state index is 12.2. The molecule has 3 aromatic rings. The first-order valence-corrected chi connectivity index (χ1v) is 7.94. The molecule has 24 heavy (non-hydrogen) atoms. The minimum atomic E-state index is -0.429. The van der Waals surface area contributed by atoms with Crippen LogP contribution in [-0.2, 0) is 0 Å². The van der Waals surface area contributed by atoms with E-state index >= 15 is 0 Å². The van der Waals surface area contributed by atoms with Crippen LogP contribution in [-0.4, -0.2) is 16.0 Å². The lowest BCUT2D eigenvalue weighted by molar-refractivity contribution is 0.0932. The number of hydrogen-bond acceptors (Lipinski definition) is 4. The van der Waals surface area contributed by atoms with Crippen molar-refractivity contribution in [3.63, 3.8) is 0 Å². The number of carbonyl (C=O) groups excluding carboxylic acids is 1. The number of hydrogen-bond donors (Lipinski definition) is 1. The molecular formula is C17H13Cl2N3O2. The van der Waals surface area contributed by atoms with E-state index in [-0.39, 0.29) is 5.91 Å². The van der Waals surface area contributed by atoms with Gasteiger partial charge in [0.25, 0.3) is 5.91 Å². The minimum Gasteiger partial charge on any atom is -0.341 e. The van der Waals surface area contributed by atoms with E-state index in [9.17, 15) is 4.79 Å². The Hall–Kier alpha value is -2.37. The molecule has 1 aromatic heterocycles. The molecule has 5 nitrogen and oxygen atoms in total. The van der Waals surface area contributed by atoms with Crippen molar-refractivity contribution in [2.24, 2.45) is 0 Å². The third kappa shape index (κ3) is 3.75. The SMILES string of the molecule is CC(NC(=O)c1ccc(Cl)cc1)c1nc(-c2ccc(Cl)cc2)no1. The first-order valence-electron chi connectivity index (χ1n) is 7.19. The molecule has 0 aliphatic heterocycles. The van der Waals surface area contributed by atoms with Crippen LogP contribution in [0, 0.1) is 0 Å². The molecule has 1 atom stereocenters. The van der Waals surface area contributed by atoms with Gasteiger partial charge in [-0.25, -0.2) is 0 Å². The summed E-state index contributed by atoms with van der Waals surface area (Å²) in [6, 6.07) is 13.3. The zero-order valence-electron chi connectivity index (χ0n) is 12.7. The number of nitrogens with one attached hydrogen (secondary N) is 1. The number of aromatic nitrogens is 2. The second kappa shape index (κ2) is 7.03. The van der Waals surface area contributed by atoms with Gasteiger partial charge in [-0.2, -0.15) is 4.98 Å². The van der Waals surface area contributed by atoms with E-state index in [2.05, 4.69) is 15.5 Å². The summed E-state index contributed by atoms with van der Waals surface area (Å²) in [4.78, 5) is 16.5. The molecule has 0 aliphatic rings. The Morgan fingerprint density at radius 2 is 1.62 bits per heavy atom. The molecule has 1 amide bonds. The van der Waals surface area contributed by atoms with E-state index in [1.54, 1.807) is 55.5 Å². The van der Waals surface area contributed by atoms with Crippen molar-refractivity contribution in [2.75, 3.05) is 0 Å². The summed E-state index contributed by atoms with van der Waals surface area (Å²) in [5.41, 5.74) is 1.29. The summed E-state index contributed by atoms with van der Waals surface area (Å²) in [5.74, 6) is 0.516. The van der Waals surface area contributed by atoms with Gasteiger partial charge in [0.1, 0.15) is 6.04 Å². The summed E-state index contributed by atoms with van der Waals surface area (Å²) in [6.45, 7) is 1.77. The van der Waals surface area contributed by atoms with Crippen LogP contribution in [0.4, 0.5) is 0 Å². The van der Waals surface area contributed by atoms with Crippen molar-refractivity contribution in [1.29, 1.82) is 0 Å². The number of amides is 1. The Kier molecular flexibility index (Phi) is 4.83. The van der Waals surface area contributed by atoms with Gasteiger partial charge >= 0.3 is 0 Å². The summed E-state index contributed by atoms with van der Waals surface area (Å²) in [5, 5.41) is 7.94. The third-order valence-corrected chi connectivity index (χ3v) is 3.87. The van der Waals surface area contributed by atoms with Crippen molar-refractivity contribution < 1.29 is 9.32 Å². The van der Waals surface area contributed by atoms with Gasteiger partial charge in [0.2, 0.25) is 11.7 Å². The molecule has 3 rings (SSSR count). The molecule has 1 heterocycles. The quantitative estimate of drug-likeness (QED) is 0.740. The van der Waals surface area contributed by atoms with Crippen LogP contribution >= 0.6 is 23.2 Å². The van der Waals surface area contributed by atoms with Gasteiger partial charge in [-0.1, -0.05) is 28.4 Å². The second-order valence-electron chi connectivity index (χ2n) is 5.17. The average molecular weight is 362 g/mol. The topological polar surface area (TPSA) is 68.0 Å². The molecule has 7 heteroatoms. The normalized spacial score (nSPS) is 12.0. The third-order valence-electron chi connectivity index (χ3n) is 3.37. The fraction of sp³-hybridized carbons (Fsp3) is 0.118. The number of halogens is 2. The van der Waals surface area contributed by atoms with E-state index in [0.717, 1.165) is 5.56 Å². The van der Waals surface area contributed by atoms with Crippen LogP contribution in [0.3, 0.4) is 0 Å². The van der Waals surface area contributed by atoms with Gasteiger partial charge in [-0.15, -0.1) is 0 Å². The van der Waals surface area contributed by atoms with Crippen molar-refractivity contribution in [3.05, 3.63) is 70.0 Å². The van der Waals surface area contributed by atoms with E-state index < -0.39 is 6.04 Å². The van der Waals surface area contributed by atoms with E-state index in [0.29, 0.717) is 27.3 Å². The first-order chi connectivity index (χ1) is 11.5. The van der Waals surface area contributed by atoms with E-state index in [4.69, 9.17) is 27.7 Å². The molecule has 0 radical (unpaired) electrons. The molecule has 0 spiro atoms. The molecule has 2 aromatic carbocycles. The molecule has 0 saturated heterocycles. The van der Waals surface area contributed by atoms with E-state index in [1.165, 1.54) is 0 Å². The Morgan fingerprint density at radius 1 is 1.04 bits per heavy atom. The van der Waals surface area contributed by atoms with Gasteiger partial charge in [-0.3, -0.25) is 4.79 Å². The Bertz CT molecular complexity index is 845. The van der Waals surface area contributed by atoms with E-state index in [1.807, 2.05) is 0 Å². The first kappa shape index (κ1) is 16.5. The van der Waals surface area contributed by atoms with Gasteiger partial charge < -0.3 is 9.84 Å². The lowest BCUT2D eigenvalue weighted by atomic mass is 10.2. The fourth-order valence-electron chi connectivity index (χ4n) is 2.07. The summed E-state index contributed by atoms with van der Waals surface area (Å²) >= 11 is 11.7. The lowest BCUT2D eigenvalue weighted by Gasteiger charge is -2.09. The number of benzene rings is 2. The number of rotatable bonds is 4.